The maximum absolute atomic E-state index is 13.0. The van der Waals surface area contributed by atoms with Crippen molar-refractivity contribution in [3.8, 4) is 0 Å². The van der Waals surface area contributed by atoms with Gasteiger partial charge in [0.05, 0.1) is 5.75 Å². The van der Waals surface area contributed by atoms with Gasteiger partial charge in [-0.05, 0) is 56.4 Å². The van der Waals surface area contributed by atoms with Crippen LogP contribution < -0.4 is 11.3 Å². The van der Waals surface area contributed by atoms with Gasteiger partial charge < -0.3 is 14.6 Å². The molecule has 9 nitrogen and oxygen atoms in total. The van der Waals surface area contributed by atoms with Crippen LogP contribution >= 0.6 is 33.3 Å². The number of carbonyl (C=O) groups excluding carboxylic acids is 4. The Morgan fingerprint density at radius 3 is 2.36 bits per heavy atom. The number of hydrogen-bond donors (Lipinski definition) is 3. The molecule has 1 saturated carbocycles. The number of esters is 2. The van der Waals surface area contributed by atoms with Gasteiger partial charge in [0.2, 0.25) is 5.91 Å². The molecule has 4 N–H and O–H groups in total. The van der Waals surface area contributed by atoms with Crippen molar-refractivity contribution in [3.63, 3.8) is 0 Å². The third-order valence-electron chi connectivity index (χ3n) is 6.78. The van der Waals surface area contributed by atoms with Crippen LogP contribution in [0.2, 0.25) is 0 Å². The highest BCUT2D eigenvalue weighted by atomic mass is 33.1. The Morgan fingerprint density at radius 2 is 1.75 bits per heavy atom. The zero-order chi connectivity index (χ0) is 26.5. The van der Waals surface area contributed by atoms with Crippen LogP contribution in [0.4, 0.5) is 0 Å². The van der Waals surface area contributed by atoms with Crippen LogP contribution in [0.1, 0.15) is 40.0 Å². The van der Waals surface area contributed by atoms with Gasteiger partial charge in [0.1, 0.15) is 24.6 Å². The first-order valence-corrected chi connectivity index (χ1v) is 15.2. The van der Waals surface area contributed by atoms with E-state index in [0.717, 1.165) is 35.1 Å². The van der Waals surface area contributed by atoms with Gasteiger partial charge in [0, 0.05) is 28.9 Å². The predicted octanol–water partition coefficient (Wildman–Crippen LogP) is 2.25. The summed E-state index contributed by atoms with van der Waals surface area (Å²) < 4.78 is 10.2. The van der Waals surface area contributed by atoms with E-state index in [1.54, 1.807) is 6.92 Å². The van der Waals surface area contributed by atoms with Crippen LogP contribution in [-0.4, -0.2) is 70.6 Å². The van der Waals surface area contributed by atoms with Crippen LogP contribution in [0.15, 0.2) is 33.9 Å². The van der Waals surface area contributed by atoms with Crippen molar-refractivity contribution >= 4 is 57.0 Å². The Labute approximate surface area is 222 Å². The smallest absolute Gasteiger partial charge is 0.316 e. The summed E-state index contributed by atoms with van der Waals surface area (Å²) in [5, 5.41) is 10.9. The molecule has 0 aliphatic heterocycles. The molecule has 0 aromatic carbocycles. The lowest BCUT2D eigenvalue weighted by atomic mass is 9.67. The van der Waals surface area contributed by atoms with Gasteiger partial charge in [-0.15, -0.1) is 11.8 Å². The number of hydrogen-bond acceptors (Lipinski definition) is 11. The molecule has 3 aliphatic carbocycles. The number of rotatable bonds is 13. The van der Waals surface area contributed by atoms with E-state index < -0.39 is 23.0 Å². The number of nitrogens with two attached hydrogens (primary N) is 1. The lowest BCUT2D eigenvalue weighted by molar-refractivity contribution is -0.148. The predicted molar refractivity (Wildman–Crippen MR) is 142 cm³/mol. The summed E-state index contributed by atoms with van der Waals surface area (Å²) in [5.74, 6) is 5.00. The maximum Gasteiger partial charge on any atom is 0.316 e. The van der Waals surface area contributed by atoms with Gasteiger partial charge in [-0.1, -0.05) is 27.2 Å². The van der Waals surface area contributed by atoms with Crippen molar-refractivity contribution in [1.29, 1.82) is 0 Å². The summed E-state index contributed by atoms with van der Waals surface area (Å²) in [7, 11) is 2.64. The number of aliphatic hydroxyl groups is 1. The summed E-state index contributed by atoms with van der Waals surface area (Å²) in [4.78, 5) is 47.8. The summed E-state index contributed by atoms with van der Waals surface area (Å²) in [5.41, 5.74) is 4.78. The third-order valence-corrected chi connectivity index (χ3v) is 9.96. The lowest BCUT2D eigenvalue weighted by Crippen LogP contribution is -2.49. The van der Waals surface area contributed by atoms with E-state index in [1.165, 1.54) is 33.3 Å². The van der Waals surface area contributed by atoms with Gasteiger partial charge in [-0.3, -0.25) is 24.6 Å². The molecule has 0 radical (unpaired) electrons. The number of amides is 1. The number of carbonyl (C=O) groups is 4. The fraction of sp³-hybridized carbons (Fsp3) is 0.583. The number of nitrogens with one attached hydrogen (secondary N) is 1. The Kier molecular flexibility index (Phi) is 9.78. The number of hydrazine groups is 1. The van der Waals surface area contributed by atoms with Crippen molar-refractivity contribution in [1.82, 2.24) is 5.43 Å². The second-order valence-electron chi connectivity index (χ2n) is 9.04. The van der Waals surface area contributed by atoms with Crippen LogP contribution in [0.25, 0.3) is 0 Å². The van der Waals surface area contributed by atoms with Crippen LogP contribution in [-0.2, 0) is 28.7 Å². The first-order valence-electron chi connectivity index (χ1n) is 11.6. The average molecular weight is 557 g/mol. The molecule has 3 rings (SSSR count). The first-order chi connectivity index (χ1) is 17.0. The summed E-state index contributed by atoms with van der Waals surface area (Å²) in [6.45, 7) is 5.53. The molecule has 0 unspecified atom stereocenters. The third kappa shape index (κ3) is 6.21. The number of ketones is 1. The second-order valence-corrected chi connectivity index (χ2v) is 12.6. The second kappa shape index (κ2) is 12.2. The summed E-state index contributed by atoms with van der Waals surface area (Å²) >= 11 is 1.40. The maximum atomic E-state index is 13.0. The molecule has 1 spiro atoms. The molecule has 36 heavy (non-hydrogen) atoms. The zero-order valence-corrected chi connectivity index (χ0v) is 23.1. The fourth-order valence-electron chi connectivity index (χ4n) is 4.59. The van der Waals surface area contributed by atoms with E-state index in [9.17, 15) is 24.3 Å². The van der Waals surface area contributed by atoms with E-state index in [-0.39, 0.29) is 42.8 Å². The standard InChI is InChI=1S/C24H32N2O7S3/c1-14-10-16-21(15(2)24(5-6-24)23(3,31)22(16)30)17(14)11-34-12-19(28)32-7-8-33-20(29)13-36-35-9-4-18(27)26-25/h10,31H,4-9,11-13,25H2,1-3H3,(H,26,27)/t23-/m0/s1. The number of Topliss-reactive ketones (excluding diaryl/α,β-unsaturated/α-hetero) is 1. The normalized spacial score (nSPS) is 21.9. The van der Waals surface area contributed by atoms with Gasteiger partial charge in [0.15, 0.2) is 5.78 Å². The molecule has 0 saturated heterocycles. The monoisotopic (exact) mass is 556 g/mol. The molecule has 0 aromatic rings. The molecule has 0 heterocycles. The van der Waals surface area contributed by atoms with E-state index in [0.29, 0.717) is 17.1 Å². The van der Waals surface area contributed by atoms with Gasteiger partial charge in [0.25, 0.3) is 0 Å². The molecular formula is C24H32N2O7S3. The van der Waals surface area contributed by atoms with E-state index >= 15 is 0 Å². The molecule has 1 atom stereocenters. The molecule has 1 amide bonds. The molecule has 0 aromatic heterocycles. The summed E-state index contributed by atoms with van der Waals surface area (Å²) in [6, 6.07) is 0. The van der Waals surface area contributed by atoms with Gasteiger partial charge in [-0.25, -0.2) is 5.84 Å². The topological polar surface area (TPSA) is 145 Å². The highest BCUT2D eigenvalue weighted by molar-refractivity contribution is 8.76. The van der Waals surface area contributed by atoms with Crippen molar-refractivity contribution in [2.75, 3.05) is 36.2 Å². The number of allylic oxidation sites excluding steroid dienone is 3. The van der Waals surface area contributed by atoms with Gasteiger partial charge >= 0.3 is 11.9 Å². The average Bonchev–Trinajstić information content (AvgIpc) is 3.59. The van der Waals surface area contributed by atoms with E-state index in [4.69, 9.17) is 15.3 Å². The van der Waals surface area contributed by atoms with Crippen molar-refractivity contribution in [3.05, 3.63) is 33.9 Å². The SMILES string of the molecule is CC1=C(CSCC(=O)OCCOC(=O)CSSCCC(=O)NN)C2=C(C)C3(CC3)[C@@](C)(O)C(=O)C2=C1. The first kappa shape index (κ1) is 28.8. The molecule has 3 aliphatic rings. The fourth-order valence-corrected chi connectivity index (χ4v) is 7.31. The van der Waals surface area contributed by atoms with Gasteiger partial charge in [-0.2, -0.15) is 0 Å². The largest absolute Gasteiger partial charge is 0.461 e. The van der Waals surface area contributed by atoms with Crippen molar-refractivity contribution < 1.29 is 33.8 Å². The number of fused-ring (bicyclic) bond motifs is 1. The minimum Gasteiger partial charge on any atom is -0.461 e. The van der Waals surface area contributed by atoms with Crippen molar-refractivity contribution in [2.24, 2.45) is 11.3 Å². The lowest BCUT2D eigenvalue weighted by Gasteiger charge is -2.39. The van der Waals surface area contributed by atoms with E-state index in [2.05, 4.69) is 0 Å². The number of thioether (sulfide) groups is 1. The Hall–Kier alpha value is -1.73. The molecule has 198 valence electrons. The van der Waals surface area contributed by atoms with Crippen molar-refractivity contribution in [2.45, 2.75) is 45.6 Å². The Balaban J connectivity index is 1.35. The summed E-state index contributed by atoms with van der Waals surface area (Å²) in [6.07, 6.45) is 3.72. The van der Waals surface area contributed by atoms with Crippen LogP contribution in [0, 0.1) is 5.41 Å². The van der Waals surface area contributed by atoms with E-state index in [1.807, 2.05) is 25.3 Å². The molecule has 0 bridgehead atoms. The molecule has 1 fully saturated rings. The Bertz CT molecular complexity index is 1030. The zero-order valence-electron chi connectivity index (χ0n) is 20.6. The number of ether oxygens (including phenoxy) is 2. The molecule has 12 heteroatoms. The highest BCUT2D eigenvalue weighted by Crippen LogP contribution is 2.65. The Morgan fingerprint density at radius 1 is 1.11 bits per heavy atom. The highest BCUT2D eigenvalue weighted by Gasteiger charge is 2.65. The minimum absolute atomic E-state index is 0.0240. The minimum atomic E-state index is -1.37. The van der Waals surface area contributed by atoms with Crippen LogP contribution in [0.3, 0.4) is 0 Å². The molecular weight excluding hydrogens is 524 g/mol. The quantitative estimate of drug-likeness (QED) is 0.0767. The van der Waals surface area contributed by atoms with Crippen LogP contribution in [0.5, 0.6) is 0 Å².